The molecule has 0 bridgehead atoms. The highest BCUT2D eigenvalue weighted by Gasteiger charge is 2.29. The summed E-state index contributed by atoms with van der Waals surface area (Å²) in [5.41, 5.74) is 6.10. The van der Waals surface area contributed by atoms with Crippen molar-refractivity contribution < 1.29 is 8.42 Å². The van der Waals surface area contributed by atoms with Crippen LogP contribution in [-0.4, -0.2) is 25.8 Å². The van der Waals surface area contributed by atoms with E-state index in [9.17, 15) is 8.42 Å². The van der Waals surface area contributed by atoms with Crippen LogP contribution in [0.3, 0.4) is 0 Å². The third kappa shape index (κ3) is 3.90. The summed E-state index contributed by atoms with van der Waals surface area (Å²) in [4.78, 5) is 0.160. The van der Waals surface area contributed by atoms with E-state index < -0.39 is 10.0 Å². The van der Waals surface area contributed by atoms with Gasteiger partial charge in [-0.1, -0.05) is 31.4 Å². The normalized spacial score (nSPS) is 21.1. The lowest BCUT2D eigenvalue weighted by molar-refractivity contribution is 0.400. The van der Waals surface area contributed by atoms with E-state index in [4.69, 9.17) is 17.3 Å². The smallest absolute Gasteiger partial charge is 0.244 e. The molecular weight excluding hydrogens is 308 g/mol. The first-order valence-corrected chi connectivity index (χ1v) is 9.32. The standard InChI is InChI=1S/C15H23ClN2O2S/c1-2-4-12-5-3-9-18(10-8-12)21(19,20)15-7-6-13(17)11-14(15)16/h6-7,11-12H,2-5,8-10,17H2,1H3. The van der Waals surface area contributed by atoms with Crippen molar-refractivity contribution in [1.82, 2.24) is 4.31 Å². The van der Waals surface area contributed by atoms with Crippen LogP contribution in [0.4, 0.5) is 5.69 Å². The topological polar surface area (TPSA) is 63.4 Å². The third-order valence-electron chi connectivity index (χ3n) is 4.08. The van der Waals surface area contributed by atoms with Crippen LogP contribution >= 0.6 is 11.6 Å². The first kappa shape index (κ1) is 16.6. The first-order valence-electron chi connectivity index (χ1n) is 7.50. The van der Waals surface area contributed by atoms with Gasteiger partial charge in [0, 0.05) is 18.8 Å². The van der Waals surface area contributed by atoms with Crippen LogP contribution in [0, 0.1) is 5.92 Å². The lowest BCUT2D eigenvalue weighted by atomic mass is 9.96. The van der Waals surface area contributed by atoms with E-state index in [1.165, 1.54) is 18.6 Å². The van der Waals surface area contributed by atoms with Crippen LogP contribution in [-0.2, 0) is 10.0 Å². The SMILES string of the molecule is CCCC1CCCN(S(=O)(=O)c2ccc(N)cc2Cl)CC1. The van der Waals surface area contributed by atoms with Gasteiger partial charge in [-0.05, 0) is 43.4 Å². The van der Waals surface area contributed by atoms with Crippen LogP contribution in [0.25, 0.3) is 0 Å². The summed E-state index contributed by atoms with van der Waals surface area (Å²) in [5, 5.41) is 0.198. The number of halogens is 1. The van der Waals surface area contributed by atoms with Crippen molar-refractivity contribution in [3.8, 4) is 0 Å². The number of sulfonamides is 1. The molecule has 1 aromatic rings. The highest BCUT2D eigenvalue weighted by Crippen LogP contribution is 2.30. The number of anilines is 1. The van der Waals surface area contributed by atoms with Crippen molar-refractivity contribution in [1.29, 1.82) is 0 Å². The minimum Gasteiger partial charge on any atom is -0.399 e. The van der Waals surface area contributed by atoms with Crippen molar-refractivity contribution in [2.45, 2.75) is 43.9 Å². The van der Waals surface area contributed by atoms with Crippen molar-refractivity contribution in [3.05, 3.63) is 23.2 Å². The molecule has 2 N–H and O–H groups in total. The minimum atomic E-state index is -3.53. The van der Waals surface area contributed by atoms with Crippen LogP contribution in [0.5, 0.6) is 0 Å². The molecule has 0 aliphatic carbocycles. The van der Waals surface area contributed by atoms with Crippen LogP contribution in [0.2, 0.25) is 5.02 Å². The highest BCUT2D eigenvalue weighted by molar-refractivity contribution is 7.89. The Kier molecular flexibility index (Phi) is 5.52. The summed E-state index contributed by atoms with van der Waals surface area (Å²) in [6, 6.07) is 4.57. The Morgan fingerprint density at radius 2 is 2.10 bits per heavy atom. The first-order chi connectivity index (χ1) is 9.95. The Morgan fingerprint density at radius 1 is 1.33 bits per heavy atom. The molecule has 0 saturated carbocycles. The second kappa shape index (κ2) is 6.99. The molecule has 6 heteroatoms. The molecule has 1 unspecified atom stereocenters. The lowest BCUT2D eigenvalue weighted by Gasteiger charge is -2.21. The number of nitrogens with two attached hydrogens (primary N) is 1. The van der Waals surface area contributed by atoms with Gasteiger partial charge in [0.2, 0.25) is 10.0 Å². The van der Waals surface area contributed by atoms with Crippen LogP contribution < -0.4 is 5.73 Å². The lowest BCUT2D eigenvalue weighted by Crippen LogP contribution is -2.32. The Hall–Kier alpha value is -0.780. The monoisotopic (exact) mass is 330 g/mol. The summed E-state index contributed by atoms with van der Waals surface area (Å²) < 4.78 is 27.0. The molecule has 1 aliphatic heterocycles. The van der Waals surface area contributed by atoms with Gasteiger partial charge in [0.15, 0.2) is 0 Å². The number of benzene rings is 1. The third-order valence-corrected chi connectivity index (χ3v) is 6.46. The van der Waals surface area contributed by atoms with Gasteiger partial charge in [-0.2, -0.15) is 4.31 Å². The molecule has 0 spiro atoms. The number of hydrogen-bond donors (Lipinski definition) is 1. The molecule has 1 saturated heterocycles. The zero-order chi connectivity index (χ0) is 15.5. The van der Waals surface area contributed by atoms with Gasteiger partial charge >= 0.3 is 0 Å². The van der Waals surface area contributed by atoms with E-state index in [0.29, 0.717) is 24.7 Å². The van der Waals surface area contributed by atoms with Gasteiger partial charge in [0.05, 0.1) is 5.02 Å². The minimum absolute atomic E-state index is 0.160. The van der Waals surface area contributed by atoms with E-state index in [2.05, 4.69) is 6.92 Å². The molecule has 0 aromatic heterocycles. The Bertz CT molecular complexity index is 589. The van der Waals surface area contributed by atoms with E-state index in [-0.39, 0.29) is 9.92 Å². The van der Waals surface area contributed by atoms with Crippen molar-refractivity contribution in [2.24, 2.45) is 5.92 Å². The van der Waals surface area contributed by atoms with Gasteiger partial charge in [0.25, 0.3) is 0 Å². The van der Waals surface area contributed by atoms with Gasteiger partial charge in [-0.25, -0.2) is 8.42 Å². The van der Waals surface area contributed by atoms with Crippen molar-refractivity contribution in [2.75, 3.05) is 18.8 Å². The highest BCUT2D eigenvalue weighted by atomic mass is 35.5. The van der Waals surface area contributed by atoms with Crippen molar-refractivity contribution >= 4 is 27.3 Å². The molecule has 21 heavy (non-hydrogen) atoms. The average molecular weight is 331 g/mol. The Balaban J connectivity index is 2.19. The number of nitrogen functional groups attached to an aromatic ring is 1. The zero-order valence-corrected chi connectivity index (χ0v) is 14.0. The molecule has 1 heterocycles. The average Bonchev–Trinajstić information content (AvgIpc) is 2.65. The molecular formula is C15H23ClN2O2S. The summed E-state index contributed by atoms with van der Waals surface area (Å²) in [7, 11) is -3.53. The molecule has 0 radical (unpaired) electrons. The second-order valence-electron chi connectivity index (χ2n) is 5.68. The predicted octanol–water partition coefficient (Wildman–Crippen LogP) is 3.51. The maximum absolute atomic E-state index is 12.7. The van der Waals surface area contributed by atoms with E-state index in [1.807, 2.05) is 0 Å². The summed E-state index contributed by atoms with van der Waals surface area (Å²) >= 11 is 6.07. The van der Waals surface area contributed by atoms with Gasteiger partial charge in [-0.3, -0.25) is 0 Å². The van der Waals surface area contributed by atoms with Gasteiger partial charge < -0.3 is 5.73 Å². The van der Waals surface area contributed by atoms with Gasteiger partial charge in [0.1, 0.15) is 4.90 Å². The fraction of sp³-hybridized carbons (Fsp3) is 0.600. The number of rotatable bonds is 4. The molecule has 1 atom stereocenters. The maximum atomic E-state index is 12.7. The molecule has 4 nitrogen and oxygen atoms in total. The molecule has 1 fully saturated rings. The Morgan fingerprint density at radius 3 is 2.76 bits per heavy atom. The molecule has 0 amide bonds. The maximum Gasteiger partial charge on any atom is 0.244 e. The molecule has 2 rings (SSSR count). The van der Waals surface area contributed by atoms with Crippen molar-refractivity contribution in [3.63, 3.8) is 0 Å². The van der Waals surface area contributed by atoms with Crippen LogP contribution in [0.1, 0.15) is 39.0 Å². The fourth-order valence-electron chi connectivity index (χ4n) is 2.94. The van der Waals surface area contributed by atoms with E-state index in [1.54, 1.807) is 10.4 Å². The summed E-state index contributed by atoms with van der Waals surface area (Å²) in [5.74, 6) is 0.636. The zero-order valence-electron chi connectivity index (χ0n) is 12.4. The predicted molar refractivity (Wildman–Crippen MR) is 86.9 cm³/mol. The Labute approximate surface area is 132 Å². The number of hydrogen-bond acceptors (Lipinski definition) is 3. The van der Waals surface area contributed by atoms with Gasteiger partial charge in [-0.15, -0.1) is 0 Å². The second-order valence-corrected chi connectivity index (χ2v) is 7.99. The summed E-state index contributed by atoms with van der Waals surface area (Å²) in [6.45, 7) is 3.32. The fourth-order valence-corrected chi connectivity index (χ4v) is 4.96. The van der Waals surface area contributed by atoms with Crippen LogP contribution in [0.15, 0.2) is 23.1 Å². The largest absolute Gasteiger partial charge is 0.399 e. The number of nitrogens with zero attached hydrogens (tertiary/aromatic N) is 1. The molecule has 118 valence electrons. The quantitative estimate of drug-likeness (QED) is 0.859. The van der Waals surface area contributed by atoms with E-state index in [0.717, 1.165) is 25.7 Å². The molecule has 1 aliphatic rings. The summed E-state index contributed by atoms with van der Waals surface area (Å²) in [6.07, 6.45) is 5.28. The van der Waals surface area contributed by atoms with E-state index >= 15 is 0 Å². The molecule has 1 aromatic carbocycles.